The summed E-state index contributed by atoms with van der Waals surface area (Å²) in [4.78, 5) is 71.1. The van der Waals surface area contributed by atoms with Crippen LogP contribution in [0, 0.1) is 11.8 Å². The number of aromatic nitrogens is 1. The van der Waals surface area contributed by atoms with E-state index in [0.29, 0.717) is 36.7 Å². The number of benzene rings is 2. The molecule has 0 radical (unpaired) electrons. The number of methoxy groups -OCH3 is 2. The maximum Gasteiger partial charge on any atom is 0.250 e. The molecule has 5 atom stereocenters. The lowest BCUT2D eigenvalue weighted by atomic mass is 9.70. The van der Waals surface area contributed by atoms with Crippen LogP contribution in [0.1, 0.15) is 63.9 Å². The third kappa shape index (κ3) is 5.36. The molecule has 1 N–H and O–H groups in total. The summed E-state index contributed by atoms with van der Waals surface area (Å²) < 4.78 is 25.4. The van der Waals surface area contributed by atoms with Crippen molar-refractivity contribution in [3.63, 3.8) is 0 Å². The topological polar surface area (TPSA) is 146 Å². The number of carbonyl (C=O) groups excluding carboxylic acids is 4. The number of ketones is 2. The van der Waals surface area contributed by atoms with Gasteiger partial charge in [-0.05, 0) is 25.3 Å². The Morgan fingerprint density at radius 3 is 2.45 bits per heavy atom. The molecule has 0 saturated carbocycles. The summed E-state index contributed by atoms with van der Waals surface area (Å²) in [5.41, 5.74) is -0.0532. The highest BCUT2D eigenvalue weighted by molar-refractivity contribution is 6.36. The van der Waals surface area contributed by atoms with Crippen LogP contribution in [0.25, 0.3) is 11.3 Å². The lowest BCUT2D eigenvalue weighted by molar-refractivity contribution is -0.138. The number of halogens is 1. The first kappa shape index (κ1) is 34.7. The number of nitrogens with one attached hydrogen (secondary N) is 1. The molecular formula is C40H38ClN3O9. The summed E-state index contributed by atoms with van der Waals surface area (Å²) >= 11 is 6.63. The Hall–Kier alpha value is -5.36. The van der Waals surface area contributed by atoms with E-state index in [9.17, 15) is 24.0 Å². The van der Waals surface area contributed by atoms with Crippen molar-refractivity contribution in [2.24, 2.45) is 11.8 Å². The van der Waals surface area contributed by atoms with E-state index in [1.807, 2.05) is 36.4 Å². The first-order valence-corrected chi connectivity index (χ1v) is 18.0. The van der Waals surface area contributed by atoms with Crippen molar-refractivity contribution in [3.05, 3.63) is 98.1 Å². The van der Waals surface area contributed by atoms with Gasteiger partial charge in [0.25, 0.3) is 5.56 Å². The molecule has 0 unspecified atom stereocenters. The highest BCUT2D eigenvalue weighted by atomic mass is 35.5. The van der Waals surface area contributed by atoms with E-state index >= 15 is 0 Å². The average molecular weight is 740 g/mol. The molecule has 4 aliphatic rings. The Kier molecular flexibility index (Phi) is 8.48. The molecule has 4 aromatic rings. The minimum Gasteiger partial charge on any atom is -0.496 e. The lowest BCUT2D eigenvalue weighted by Gasteiger charge is -2.43. The van der Waals surface area contributed by atoms with Gasteiger partial charge in [-0.25, -0.2) is 0 Å². The number of pyridine rings is 1. The number of furan rings is 1. The Morgan fingerprint density at radius 2 is 1.72 bits per heavy atom. The molecule has 2 aromatic heterocycles. The number of hydrogen-bond acceptors (Lipinski definition) is 9. The van der Waals surface area contributed by atoms with Crippen LogP contribution in [0.15, 0.2) is 63.8 Å². The highest BCUT2D eigenvalue weighted by Crippen LogP contribution is 2.54. The fourth-order valence-electron chi connectivity index (χ4n) is 8.69. The molecule has 3 aliphatic heterocycles. The van der Waals surface area contributed by atoms with Crippen molar-refractivity contribution >= 4 is 35.0 Å². The summed E-state index contributed by atoms with van der Waals surface area (Å²) in [7, 11) is 2.82. The molecule has 1 fully saturated rings. The quantitative estimate of drug-likeness (QED) is 0.263. The van der Waals surface area contributed by atoms with E-state index in [4.69, 9.17) is 30.2 Å². The van der Waals surface area contributed by atoms with E-state index < -0.39 is 35.0 Å². The van der Waals surface area contributed by atoms with Gasteiger partial charge in [-0.1, -0.05) is 54.9 Å². The minimum absolute atomic E-state index is 0.00710. The second kappa shape index (κ2) is 12.9. The maximum atomic E-state index is 14.8. The zero-order valence-corrected chi connectivity index (χ0v) is 30.5. The molecule has 12 nitrogen and oxygen atoms in total. The van der Waals surface area contributed by atoms with Crippen LogP contribution in [0.4, 0.5) is 0 Å². The fourth-order valence-corrected chi connectivity index (χ4v) is 8.95. The summed E-state index contributed by atoms with van der Waals surface area (Å²) in [5.74, 6) is -1.50. The summed E-state index contributed by atoms with van der Waals surface area (Å²) in [6.45, 7) is 4.84. The number of hydrogen-bond donors (Lipinski definition) is 1. The number of ether oxygens (including phenoxy) is 3. The monoisotopic (exact) mass is 739 g/mol. The first-order chi connectivity index (χ1) is 25.5. The normalized spacial score (nSPS) is 23.1. The first-order valence-electron chi connectivity index (χ1n) is 17.7. The predicted octanol–water partition coefficient (Wildman–Crippen LogP) is 4.86. The van der Waals surface area contributed by atoms with Crippen LogP contribution in [0.2, 0.25) is 5.02 Å². The van der Waals surface area contributed by atoms with E-state index in [1.165, 1.54) is 20.3 Å². The van der Waals surface area contributed by atoms with Gasteiger partial charge < -0.3 is 33.4 Å². The maximum absolute atomic E-state index is 14.8. The van der Waals surface area contributed by atoms with Gasteiger partial charge in [0.15, 0.2) is 5.75 Å². The summed E-state index contributed by atoms with van der Waals surface area (Å²) in [6.07, 6.45) is 0.734. The van der Waals surface area contributed by atoms with Crippen molar-refractivity contribution in [2.45, 2.75) is 57.2 Å². The SMILES string of the molecule is COc1cc(OC)c2c(c1Cl)O[C@@]1(C(=O)c3c(oc(-c4ccccc4)c3CC(=O)N[C@@H](C)C(=O)N3C[C@H]4C[C@@H](C3)c3cccc(=O)n3C4)C[C@H]1C)C2=O. The molecule has 13 heteroatoms. The van der Waals surface area contributed by atoms with Crippen LogP contribution < -0.4 is 25.1 Å². The van der Waals surface area contributed by atoms with Crippen molar-refractivity contribution in [1.29, 1.82) is 0 Å². The smallest absolute Gasteiger partial charge is 0.250 e. The Balaban J connectivity index is 1.09. The number of likely N-dealkylation sites (tertiary alicyclic amines) is 1. The molecular weight excluding hydrogens is 702 g/mol. The van der Waals surface area contributed by atoms with Gasteiger partial charge in [-0.15, -0.1) is 0 Å². The molecule has 53 heavy (non-hydrogen) atoms. The molecule has 2 bridgehead atoms. The Morgan fingerprint density at radius 1 is 0.981 bits per heavy atom. The average Bonchev–Trinajstić information content (AvgIpc) is 3.67. The van der Waals surface area contributed by atoms with Crippen molar-refractivity contribution in [3.8, 4) is 28.6 Å². The van der Waals surface area contributed by atoms with Gasteiger partial charge in [0.1, 0.15) is 39.6 Å². The lowest BCUT2D eigenvalue weighted by Crippen LogP contribution is -2.56. The zero-order valence-electron chi connectivity index (χ0n) is 29.7. The van der Waals surface area contributed by atoms with E-state index in [0.717, 1.165) is 12.1 Å². The van der Waals surface area contributed by atoms with E-state index in [2.05, 4.69) is 5.32 Å². The number of piperidine rings is 1. The molecule has 8 rings (SSSR count). The Labute approximate surface area is 309 Å². The number of fused-ring (bicyclic) bond motifs is 6. The van der Waals surface area contributed by atoms with Crippen LogP contribution in [-0.2, 0) is 29.0 Å². The van der Waals surface area contributed by atoms with Gasteiger partial charge >= 0.3 is 0 Å². The van der Waals surface area contributed by atoms with Crippen LogP contribution >= 0.6 is 11.6 Å². The van der Waals surface area contributed by atoms with Crippen molar-refractivity contribution < 1.29 is 37.8 Å². The van der Waals surface area contributed by atoms with Gasteiger partial charge in [0.2, 0.25) is 29.0 Å². The van der Waals surface area contributed by atoms with Gasteiger partial charge in [0, 0.05) is 66.8 Å². The number of carbonyl (C=O) groups is 4. The van der Waals surface area contributed by atoms with Gasteiger partial charge in [-0.2, -0.15) is 0 Å². The third-order valence-corrected chi connectivity index (χ3v) is 11.5. The highest BCUT2D eigenvalue weighted by Gasteiger charge is 2.63. The van der Waals surface area contributed by atoms with Gasteiger partial charge in [0.05, 0.1) is 26.2 Å². The van der Waals surface area contributed by atoms with Gasteiger partial charge in [-0.3, -0.25) is 24.0 Å². The molecule has 1 spiro atoms. The minimum atomic E-state index is -2.00. The Bertz CT molecular complexity index is 2260. The third-order valence-electron chi connectivity index (χ3n) is 11.2. The number of rotatable bonds is 7. The van der Waals surface area contributed by atoms with Crippen LogP contribution in [0.5, 0.6) is 17.2 Å². The van der Waals surface area contributed by atoms with Crippen molar-refractivity contribution in [1.82, 2.24) is 14.8 Å². The molecule has 1 saturated heterocycles. The second-order valence-electron chi connectivity index (χ2n) is 14.4. The zero-order chi connectivity index (χ0) is 37.3. The molecule has 2 amide bonds. The largest absolute Gasteiger partial charge is 0.496 e. The summed E-state index contributed by atoms with van der Waals surface area (Å²) in [5, 5.41) is 2.89. The molecule has 274 valence electrons. The second-order valence-corrected chi connectivity index (χ2v) is 14.8. The van der Waals surface area contributed by atoms with E-state index in [1.54, 1.807) is 35.4 Å². The number of nitrogens with zero attached hydrogens (tertiary/aromatic N) is 2. The standard InChI is InChI=1S/C40H38ClN3O9/c1-20-13-28-32(37(47)40(20)38(48)33-27(50-3)16-29(51-4)34(41)36(33)53-40)25(35(52-28)23-9-6-5-7-10-23)15-30(45)42-21(2)39(49)43-17-22-14-24(19-43)26-11-8-12-31(46)44(26)18-22/h5-12,16,20-22,24H,13-15,17-19H2,1-4H3,(H,42,45)/t20-,21+,22-,24+,40+/m1/s1. The number of amides is 2. The van der Waals surface area contributed by atoms with Crippen LogP contribution in [-0.4, -0.2) is 71.8 Å². The van der Waals surface area contributed by atoms with Crippen molar-refractivity contribution in [2.75, 3.05) is 27.3 Å². The molecule has 2 aromatic carbocycles. The van der Waals surface area contributed by atoms with E-state index in [-0.39, 0.29) is 75.1 Å². The predicted molar refractivity (Wildman–Crippen MR) is 193 cm³/mol. The van der Waals surface area contributed by atoms with Crippen LogP contribution in [0.3, 0.4) is 0 Å². The summed E-state index contributed by atoms with van der Waals surface area (Å²) in [6, 6.07) is 14.9. The molecule has 5 heterocycles. The molecule has 1 aliphatic carbocycles. The number of Topliss-reactive ketones (excluding diaryl/α,β-unsaturated/α-hetero) is 2. The fraction of sp³-hybridized carbons (Fsp3) is 0.375.